The quantitative estimate of drug-likeness (QED) is 0.224. The average Bonchev–Trinajstić information content (AvgIpc) is 3.57. The SMILES string of the molecule is CC1=CC2O[C@@H]3CC4OC(=O)/C=C\C=C\C(=O)OCC/C(C)=C/C(=O)OCC(C1)C2C4(C)C31CO1. The molecule has 0 aromatic rings. The average molecular weight is 485 g/mol. The number of hydrogen-bond donors (Lipinski definition) is 0. The second-order valence-corrected chi connectivity index (χ2v) is 10.5. The van der Waals surface area contributed by atoms with Crippen molar-refractivity contribution in [2.75, 3.05) is 19.8 Å². The Morgan fingerprint density at radius 3 is 2.43 bits per heavy atom. The molecule has 3 aliphatic heterocycles. The zero-order chi connectivity index (χ0) is 24.8. The van der Waals surface area contributed by atoms with Crippen molar-refractivity contribution >= 4 is 17.9 Å². The second kappa shape index (κ2) is 9.06. The first-order valence-electron chi connectivity index (χ1n) is 12.3. The first kappa shape index (κ1) is 24.0. The lowest BCUT2D eigenvalue weighted by Crippen LogP contribution is -2.60. The molecular formula is C27H32O8. The minimum atomic E-state index is -0.531. The van der Waals surface area contributed by atoms with Crippen molar-refractivity contribution in [1.82, 2.24) is 0 Å². The molecule has 0 aromatic carbocycles. The number of carbonyl (C=O) groups is 3. The van der Waals surface area contributed by atoms with E-state index in [9.17, 15) is 14.4 Å². The number of rotatable bonds is 0. The van der Waals surface area contributed by atoms with E-state index >= 15 is 0 Å². The molecule has 0 aromatic heterocycles. The van der Waals surface area contributed by atoms with E-state index in [2.05, 4.69) is 19.9 Å². The van der Waals surface area contributed by atoms with Gasteiger partial charge in [0.05, 0.1) is 32.0 Å². The highest BCUT2D eigenvalue weighted by Gasteiger charge is 2.79. The third kappa shape index (κ3) is 4.27. The van der Waals surface area contributed by atoms with Crippen molar-refractivity contribution in [3.8, 4) is 0 Å². The summed E-state index contributed by atoms with van der Waals surface area (Å²) in [4.78, 5) is 37.1. The second-order valence-electron chi connectivity index (χ2n) is 10.5. The zero-order valence-electron chi connectivity index (χ0n) is 20.4. The third-order valence-corrected chi connectivity index (χ3v) is 8.27. The highest BCUT2D eigenvalue weighted by Crippen LogP contribution is 2.68. The molecular weight excluding hydrogens is 452 g/mol. The fourth-order valence-electron chi connectivity index (χ4n) is 6.54. The van der Waals surface area contributed by atoms with Crippen molar-refractivity contribution in [2.45, 2.75) is 63.9 Å². The summed E-state index contributed by atoms with van der Waals surface area (Å²) < 4.78 is 29.4. The number of ether oxygens (including phenoxy) is 5. The Hall–Kier alpha value is -2.71. The zero-order valence-corrected chi connectivity index (χ0v) is 20.4. The van der Waals surface area contributed by atoms with Crippen molar-refractivity contribution in [1.29, 1.82) is 0 Å². The van der Waals surface area contributed by atoms with Gasteiger partial charge >= 0.3 is 17.9 Å². The summed E-state index contributed by atoms with van der Waals surface area (Å²) in [6.07, 6.45) is 10.1. The van der Waals surface area contributed by atoms with Gasteiger partial charge in [0.25, 0.3) is 0 Å². The summed E-state index contributed by atoms with van der Waals surface area (Å²) in [5, 5.41) is 0. The standard InChI is InChI=1S/C27H32O8/c1-16-8-9-31-22(28)6-4-5-7-23(29)35-20-13-21-27(15-33-27)26(20,3)25-18(14-32-24(30)12-16)10-17(2)11-19(25)34-21/h4-7,11-12,18-21,25H,8-10,13-15H2,1-3H3/b6-4+,7-5-,16-12+/t18?,19?,20?,21-,25?,26?,27?/m1/s1. The van der Waals surface area contributed by atoms with E-state index in [0.29, 0.717) is 19.4 Å². The topological polar surface area (TPSA) is 101 Å². The van der Waals surface area contributed by atoms with Gasteiger partial charge in [0.15, 0.2) is 0 Å². The van der Waals surface area contributed by atoms with Gasteiger partial charge in [0, 0.05) is 48.3 Å². The van der Waals surface area contributed by atoms with E-state index < -0.39 is 35.0 Å². The Morgan fingerprint density at radius 2 is 1.69 bits per heavy atom. The first-order valence-corrected chi connectivity index (χ1v) is 12.3. The predicted octanol–water partition coefficient (Wildman–Crippen LogP) is 2.98. The van der Waals surface area contributed by atoms with Crippen LogP contribution >= 0.6 is 0 Å². The summed E-state index contributed by atoms with van der Waals surface area (Å²) in [6.45, 7) is 6.93. The lowest BCUT2D eigenvalue weighted by molar-refractivity contribution is -0.187. The van der Waals surface area contributed by atoms with Crippen LogP contribution in [0.2, 0.25) is 0 Å². The number of carbonyl (C=O) groups excluding carboxylic acids is 3. The molecule has 8 heteroatoms. The third-order valence-electron chi connectivity index (χ3n) is 8.27. The van der Waals surface area contributed by atoms with E-state index in [1.165, 1.54) is 36.0 Å². The number of epoxide rings is 1. The van der Waals surface area contributed by atoms with Gasteiger partial charge < -0.3 is 23.7 Å². The summed E-state index contributed by atoms with van der Waals surface area (Å²) in [5.41, 5.74) is 0.965. The van der Waals surface area contributed by atoms with E-state index in [4.69, 9.17) is 23.7 Å². The largest absolute Gasteiger partial charge is 0.462 e. The number of cyclic esters (lactones) is 2. The van der Waals surface area contributed by atoms with Crippen LogP contribution in [-0.4, -0.2) is 61.6 Å². The van der Waals surface area contributed by atoms with E-state index in [0.717, 1.165) is 12.0 Å². The highest BCUT2D eigenvalue weighted by atomic mass is 16.6. The lowest BCUT2D eigenvalue weighted by Gasteiger charge is -2.52. The van der Waals surface area contributed by atoms with Crippen molar-refractivity contribution in [2.24, 2.45) is 17.3 Å². The van der Waals surface area contributed by atoms with E-state index in [1.807, 2.05) is 0 Å². The van der Waals surface area contributed by atoms with Crippen LogP contribution in [-0.2, 0) is 38.1 Å². The minimum Gasteiger partial charge on any atom is -0.462 e. The monoisotopic (exact) mass is 484 g/mol. The minimum absolute atomic E-state index is 0.00417. The molecule has 6 unspecified atom stereocenters. The van der Waals surface area contributed by atoms with Gasteiger partial charge in [-0.1, -0.05) is 36.3 Å². The van der Waals surface area contributed by atoms with Gasteiger partial charge in [-0.25, -0.2) is 14.4 Å². The molecule has 1 saturated carbocycles. The maximum atomic E-state index is 12.7. The highest BCUT2D eigenvalue weighted by molar-refractivity contribution is 5.85. The number of esters is 3. The van der Waals surface area contributed by atoms with Crippen LogP contribution in [0.3, 0.4) is 0 Å². The van der Waals surface area contributed by atoms with Crippen LogP contribution in [0.4, 0.5) is 0 Å². The Bertz CT molecular complexity index is 1030. The molecule has 8 nitrogen and oxygen atoms in total. The number of hydrogen-bond acceptors (Lipinski definition) is 8. The Balaban J connectivity index is 1.47. The van der Waals surface area contributed by atoms with Gasteiger partial charge in [-0.3, -0.25) is 0 Å². The van der Waals surface area contributed by atoms with Crippen LogP contribution in [0.1, 0.15) is 40.0 Å². The van der Waals surface area contributed by atoms with Crippen molar-refractivity contribution < 1.29 is 38.1 Å². The van der Waals surface area contributed by atoms with Gasteiger partial charge in [-0.05, 0) is 20.3 Å². The van der Waals surface area contributed by atoms with Gasteiger partial charge in [0.1, 0.15) is 11.7 Å². The molecule has 3 fully saturated rings. The summed E-state index contributed by atoms with van der Waals surface area (Å²) in [7, 11) is 0. The maximum absolute atomic E-state index is 12.7. The van der Waals surface area contributed by atoms with E-state index in [-0.39, 0.29) is 37.3 Å². The molecule has 188 valence electrons. The molecule has 2 saturated heterocycles. The fourth-order valence-corrected chi connectivity index (χ4v) is 6.54. The molecule has 0 radical (unpaired) electrons. The van der Waals surface area contributed by atoms with Crippen LogP contribution in [0.25, 0.3) is 0 Å². The molecule has 5 rings (SSSR count). The molecule has 2 aliphatic carbocycles. The van der Waals surface area contributed by atoms with Crippen LogP contribution in [0, 0.1) is 17.3 Å². The van der Waals surface area contributed by atoms with Crippen LogP contribution < -0.4 is 0 Å². The van der Waals surface area contributed by atoms with Gasteiger partial charge in [0.2, 0.25) is 0 Å². The smallest absolute Gasteiger partial charge is 0.331 e. The predicted molar refractivity (Wildman–Crippen MR) is 124 cm³/mol. The molecule has 0 amide bonds. The van der Waals surface area contributed by atoms with Crippen molar-refractivity contribution in [3.63, 3.8) is 0 Å². The van der Waals surface area contributed by atoms with Crippen molar-refractivity contribution in [3.05, 3.63) is 47.6 Å². The molecule has 3 heterocycles. The number of allylic oxidation sites excluding steroid dienone is 3. The Labute approximate surface area is 204 Å². The summed E-state index contributed by atoms with van der Waals surface area (Å²) in [6, 6.07) is 0. The van der Waals surface area contributed by atoms with Gasteiger partial charge in [-0.2, -0.15) is 0 Å². The molecule has 1 spiro atoms. The molecule has 2 bridgehead atoms. The summed E-state index contributed by atoms with van der Waals surface area (Å²) in [5.74, 6) is -1.49. The summed E-state index contributed by atoms with van der Waals surface area (Å²) >= 11 is 0. The van der Waals surface area contributed by atoms with E-state index in [1.54, 1.807) is 6.92 Å². The lowest BCUT2D eigenvalue weighted by atomic mass is 9.57. The fraction of sp³-hybridized carbons (Fsp3) is 0.593. The molecule has 7 atom stereocenters. The van der Waals surface area contributed by atoms with Crippen LogP contribution in [0.5, 0.6) is 0 Å². The molecule has 35 heavy (non-hydrogen) atoms. The van der Waals surface area contributed by atoms with Crippen LogP contribution in [0.15, 0.2) is 47.6 Å². The van der Waals surface area contributed by atoms with Gasteiger partial charge in [-0.15, -0.1) is 0 Å². The Morgan fingerprint density at radius 1 is 0.943 bits per heavy atom. The maximum Gasteiger partial charge on any atom is 0.331 e. The molecule has 5 aliphatic rings. The Kier molecular flexibility index (Phi) is 6.21. The normalized spacial score (nSPS) is 44.9. The first-order chi connectivity index (χ1) is 16.7. The molecule has 0 N–H and O–H groups in total.